The zero-order valence-electron chi connectivity index (χ0n) is 12.4. The Kier molecular flexibility index (Phi) is 5.68. The predicted octanol–water partition coefficient (Wildman–Crippen LogP) is 2.03. The zero-order chi connectivity index (χ0) is 15.8. The molecule has 114 valence electrons. The summed E-state index contributed by atoms with van der Waals surface area (Å²) in [5.41, 5.74) is 2.26. The van der Waals surface area contributed by atoms with Gasteiger partial charge < -0.3 is 16.0 Å². The molecule has 0 aliphatic rings. The second-order valence-electron chi connectivity index (χ2n) is 4.87. The van der Waals surface area contributed by atoms with E-state index in [-0.39, 0.29) is 18.4 Å². The molecule has 2 amide bonds. The van der Waals surface area contributed by atoms with Gasteiger partial charge in [0.1, 0.15) is 0 Å². The molecule has 2 aromatic rings. The third-order valence-electron chi connectivity index (χ3n) is 2.97. The maximum absolute atomic E-state index is 12.0. The van der Waals surface area contributed by atoms with E-state index in [2.05, 4.69) is 16.0 Å². The number of likely N-dealkylation sites (N-methyl/N-ethyl adjacent to an activating group) is 1. The van der Waals surface area contributed by atoms with Crippen LogP contribution in [0, 0.1) is 0 Å². The number of hydrogen-bond donors (Lipinski definition) is 3. The molecule has 0 aliphatic heterocycles. The van der Waals surface area contributed by atoms with Gasteiger partial charge in [0.15, 0.2) is 0 Å². The highest BCUT2D eigenvalue weighted by Gasteiger charge is 2.05. The van der Waals surface area contributed by atoms with Crippen molar-refractivity contribution in [3.63, 3.8) is 0 Å². The van der Waals surface area contributed by atoms with Crippen LogP contribution in [0.4, 0.5) is 11.4 Å². The van der Waals surface area contributed by atoms with Crippen molar-refractivity contribution in [2.75, 3.05) is 24.2 Å². The molecule has 0 saturated heterocycles. The van der Waals surface area contributed by atoms with Crippen molar-refractivity contribution in [2.45, 2.75) is 6.42 Å². The third-order valence-corrected chi connectivity index (χ3v) is 2.97. The Morgan fingerprint density at radius 3 is 2.14 bits per heavy atom. The van der Waals surface area contributed by atoms with E-state index in [4.69, 9.17) is 0 Å². The number of nitrogens with one attached hydrogen (secondary N) is 3. The minimum absolute atomic E-state index is 0.0927. The second kappa shape index (κ2) is 7.95. The molecule has 2 rings (SSSR count). The summed E-state index contributed by atoms with van der Waals surface area (Å²) in [5.74, 6) is -0.222. The molecular formula is C17H19N3O2. The highest BCUT2D eigenvalue weighted by Crippen LogP contribution is 2.15. The Bertz CT molecular complexity index is 641. The lowest BCUT2D eigenvalue weighted by Crippen LogP contribution is -2.25. The van der Waals surface area contributed by atoms with Gasteiger partial charge in [-0.3, -0.25) is 9.59 Å². The van der Waals surface area contributed by atoms with Gasteiger partial charge in [-0.2, -0.15) is 0 Å². The van der Waals surface area contributed by atoms with E-state index < -0.39 is 0 Å². The molecule has 3 N–H and O–H groups in total. The van der Waals surface area contributed by atoms with Crippen molar-refractivity contribution in [1.29, 1.82) is 0 Å². The van der Waals surface area contributed by atoms with Crippen LogP contribution in [-0.2, 0) is 16.0 Å². The van der Waals surface area contributed by atoms with Crippen molar-refractivity contribution < 1.29 is 9.59 Å². The number of benzene rings is 2. The van der Waals surface area contributed by atoms with Crippen molar-refractivity contribution >= 4 is 23.2 Å². The van der Waals surface area contributed by atoms with E-state index in [1.54, 1.807) is 31.3 Å². The molecule has 0 aromatic heterocycles. The molecule has 0 atom stereocenters. The quantitative estimate of drug-likeness (QED) is 0.764. The topological polar surface area (TPSA) is 70.2 Å². The standard InChI is InChI=1S/C17H19N3O2/c1-18-12-17(22)20-15-9-5-8-14(11-15)19-16(21)10-13-6-3-2-4-7-13/h2-9,11,18H,10,12H2,1H3,(H,19,21)(H,20,22). The maximum Gasteiger partial charge on any atom is 0.238 e. The average molecular weight is 297 g/mol. The predicted molar refractivity (Wildman–Crippen MR) is 87.8 cm³/mol. The number of carbonyl (C=O) groups is 2. The minimum atomic E-state index is -0.129. The van der Waals surface area contributed by atoms with Gasteiger partial charge in [-0.05, 0) is 30.8 Å². The first kappa shape index (κ1) is 15.7. The minimum Gasteiger partial charge on any atom is -0.326 e. The van der Waals surface area contributed by atoms with Gasteiger partial charge in [-0.15, -0.1) is 0 Å². The summed E-state index contributed by atoms with van der Waals surface area (Å²) >= 11 is 0. The van der Waals surface area contributed by atoms with Crippen molar-refractivity contribution in [3.05, 3.63) is 60.2 Å². The zero-order valence-corrected chi connectivity index (χ0v) is 12.4. The Morgan fingerprint density at radius 1 is 0.864 bits per heavy atom. The van der Waals surface area contributed by atoms with Crippen LogP contribution in [0.25, 0.3) is 0 Å². The van der Waals surface area contributed by atoms with Crippen LogP contribution in [0.2, 0.25) is 0 Å². The lowest BCUT2D eigenvalue weighted by atomic mass is 10.1. The smallest absolute Gasteiger partial charge is 0.238 e. The summed E-state index contributed by atoms with van der Waals surface area (Å²) < 4.78 is 0. The average Bonchev–Trinajstić information content (AvgIpc) is 2.48. The molecule has 0 spiro atoms. The molecule has 0 heterocycles. The van der Waals surface area contributed by atoms with Crippen LogP contribution >= 0.6 is 0 Å². The SMILES string of the molecule is CNCC(=O)Nc1cccc(NC(=O)Cc2ccccc2)c1. The molecule has 0 bridgehead atoms. The first-order valence-corrected chi connectivity index (χ1v) is 7.05. The van der Waals surface area contributed by atoms with Gasteiger partial charge in [0, 0.05) is 11.4 Å². The van der Waals surface area contributed by atoms with E-state index in [0.29, 0.717) is 17.8 Å². The van der Waals surface area contributed by atoms with Gasteiger partial charge in [0.2, 0.25) is 11.8 Å². The Morgan fingerprint density at radius 2 is 1.50 bits per heavy atom. The largest absolute Gasteiger partial charge is 0.326 e. The fraction of sp³-hybridized carbons (Fsp3) is 0.176. The first-order valence-electron chi connectivity index (χ1n) is 7.05. The molecule has 0 saturated carbocycles. The van der Waals surface area contributed by atoms with Crippen LogP contribution in [-0.4, -0.2) is 25.4 Å². The molecule has 2 aromatic carbocycles. The van der Waals surface area contributed by atoms with Crippen LogP contribution in [0.3, 0.4) is 0 Å². The summed E-state index contributed by atoms with van der Waals surface area (Å²) in [5, 5.41) is 8.36. The molecule has 0 aliphatic carbocycles. The lowest BCUT2D eigenvalue weighted by molar-refractivity contribution is -0.116. The number of amides is 2. The van der Waals surface area contributed by atoms with Gasteiger partial charge in [-0.1, -0.05) is 36.4 Å². The maximum atomic E-state index is 12.0. The summed E-state index contributed by atoms with van der Waals surface area (Å²) in [4.78, 5) is 23.5. The monoisotopic (exact) mass is 297 g/mol. The molecule has 5 heteroatoms. The fourth-order valence-electron chi connectivity index (χ4n) is 2.03. The van der Waals surface area contributed by atoms with Crippen molar-refractivity contribution in [2.24, 2.45) is 0 Å². The van der Waals surface area contributed by atoms with Gasteiger partial charge in [0.25, 0.3) is 0 Å². The van der Waals surface area contributed by atoms with Gasteiger partial charge in [0.05, 0.1) is 13.0 Å². The van der Waals surface area contributed by atoms with E-state index in [1.807, 2.05) is 30.3 Å². The summed E-state index contributed by atoms with van der Waals surface area (Å²) in [7, 11) is 1.71. The first-order chi connectivity index (χ1) is 10.7. The normalized spacial score (nSPS) is 10.0. The van der Waals surface area contributed by atoms with Crippen molar-refractivity contribution in [1.82, 2.24) is 5.32 Å². The second-order valence-corrected chi connectivity index (χ2v) is 4.87. The number of rotatable bonds is 6. The number of anilines is 2. The van der Waals surface area contributed by atoms with Crippen LogP contribution in [0.5, 0.6) is 0 Å². The molecule has 0 fully saturated rings. The van der Waals surface area contributed by atoms with E-state index in [9.17, 15) is 9.59 Å². The highest BCUT2D eigenvalue weighted by molar-refractivity contribution is 5.95. The van der Waals surface area contributed by atoms with Crippen LogP contribution in [0.15, 0.2) is 54.6 Å². The van der Waals surface area contributed by atoms with E-state index in [0.717, 1.165) is 5.56 Å². The molecule has 0 radical (unpaired) electrons. The lowest BCUT2D eigenvalue weighted by Gasteiger charge is -2.09. The molecule has 22 heavy (non-hydrogen) atoms. The Hall–Kier alpha value is -2.66. The van der Waals surface area contributed by atoms with Crippen LogP contribution < -0.4 is 16.0 Å². The van der Waals surface area contributed by atoms with Crippen LogP contribution in [0.1, 0.15) is 5.56 Å². The number of carbonyl (C=O) groups excluding carboxylic acids is 2. The van der Waals surface area contributed by atoms with Gasteiger partial charge in [-0.25, -0.2) is 0 Å². The Balaban J connectivity index is 1.95. The number of hydrogen-bond acceptors (Lipinski definition) is 3. The summed E-state index contributed by atoms with van der Waals surface area (Å²) in [6, 6.07) is 16.6. The Labute approximate surface area is 129 Å². The highest BCUT2D eigenvalue weighted by atomic mass is 16.2. The molecular weight excluding hydrogens is 278 g/mol. The fourth-order valence-corrected chi connectivity index (χ4v) is 2.03. The van der Waals surface area contributed by atoms with Crippen molar-refractivity contribution in [3.8, 4) is 0 Å². The summed E-state index contributed by atoms with van der Waals surface area (Å²) in [6.07, 6.45) is 0.317. The third kappa shape index (κ3) is 5.03. The van der Waals surface area contributed by atoms with E-state index >= 15 is 0 Å². The van der Waals surface area contributed by atoms with Gasteiger partial charge >= 0.3 is 0 Å². The molecule has 5 nitrogen and oxygen atoms in total. The summed E-state index contributed by atoms with van der Waals surface area (Å²) in [6.45, 7) is 0.241. The van der Waals surface area contributed by atoms with E-state index in [1.165, 1.54) is 0 Å². The molecule has 0 unspecified atom stereocenters.